The molecule has 34 heavy (non-hydrogen) atoms. The Morgan fingerprint density at radius 3 is 2.21 bits per heavy atom. The van der Waals surface area contributed by atoms with E-state index >= 15 is 0 Å². The molecule has 0 fully saturated rings. The zero-order valence-corrected chi connectivity index (χ0v) is 18.4. The summed E-state index contributed by atoms with van der Waals surface area (Å²) >= 11 is 0. The van der Waals surface area contributed by atoms with E-state index in [1.54, 1.807) is 12.1 Å². The number of aromatic hydroxyl groups is 1. The number of hydrogen-bond acceptors (Lipinski definition) is 8. The number of nitrogens with zero attached hydrogens (tertiary/aromatic N) is 1. The van der Waals surface area contributed by atoms with E-state index in [0.29, 0.717) is 12.0 Å². The fraction of sp³-hybridized carbons (Fsp3) is 0.450. The standard InChI is InChI=1S/C20H31N7O7/c21-13(10-28)17(31)27-15(8-11-3-5-12(29)6-4-11)18(32)25-9-16(30)26-14(19(33)34)2-1-7-24-20(22)23/h3-6,13-15,28-29H,1-2,7-10,21H2,(H,25,32)(H,26,30)(H,27,31)(H,33,34)(H4,22,23,24). The molecule has 3 atom stereocenters. The Bertz CT molecular complexity index is 873. The number of nitrogens with one attached hydrogen (secondary N) is 3. The van der Waals surface area contributed by atoms with Gasteiger partial charge in [-0.2, -0.15) is 0 Å². The molecule has 0 bridgehead atoms. The van der Waals surface area contributed by atoms with Crippen LogP contribution in [0.5, 0.6) is 5.75 Å². The van der Waals surface area contributed by atoms with Gasteiger partial charge < -0.3 is 48.5 Å². The second-order valence-electron chi connectivity index (χ2n) is 7.35. The largest absolute Gasteiger partial charge is 0.508 e. The van der Waals surface area contributed by atoms with Gasteiger partial charge in [-0.1, -0.05) is 12.1 Å². The zero-order chi connectivity index (χ0) is 25.7. The molecule has 0 radical (unpaired) electrons. The van der Waals surface area contributed by atoms with Crippen molar-refractivity contribution < 1.29 is 34.5 Å². The zero-order valence-electron chi connectivity index (χ0n) is 18.4. The third-order valence-electron chi connectivity index (χ3n) is 4.54. The Morgan fingerprint density at radius 1 is 1.00 bits per heavy atom. The van der Waals surface area contributed by atoms with Crippen LogP contribution in [-0.4, -0.2) is 82.8 Å². The second-order valence-corrected chi connectivity index (χ2v) is 7.35. The highest BCUT2D eigenvalue weighted by molar-refractivity contribution is 5.92. The first-order valence-corrected chi connectivity index (χ1v) is 10.3. The first kappa shape index (κ1) is 28.1. The number of benzene rings is 1. The molecule has 14 nitrogen and oxygen atoms in total. The summed E-state index contributed by atoms with van der Waals surface area (Å²) in [5.41, 5.74) is 16.5. The summed E-state index contributed by atoms with van der Waals surface area (Å²) in [6.07, 6.45) is 0.359. The highest BCUT2D eigenvalue weighted by atomic mass is 16.4. The Morgan fingerprint density at radius 2 is 1.65 bits per heavy atom. The minimum Gasteiger partial charge on any atom is -0.508 e. The Balaban J connectivity index is 2.73. The number of carbonyl (C=O) groups excluding carboxylic acids is 3. The van der Waals surface area contributed by atoms with Crippen molar-refractivity contribution in [3.8, 4) is 5.75 Å². The van der Waals surface area contributed by atoms with Gasteiger partial charge in [-0.15, -0.1) is 0 Å². The first-order valence-electron chi connectivity index (χ1n) is 10.3. The minimum atomic E-state index is -1.26. The average Bonchev–Trinajstić information content (AvgIpc) is 2.79. The van der Waals surface area contributed by atoms with Crippen molar-refractivity contribution >= 4 is 29.7 Å². The molecule has 12 N–H and O–H groups in total. The van der Waals surface area contributed by atoms with Gasteiger partial charge in [-0.25, -0.2) is 4.79 Å². The summed E-state index contributed by atoms with van der Waals surface area (Å²) < 4.78 is 0. The number of phenols is 1. The molecule has 0 saturated heterocycles. The lowest BCUT2D eigenvalue weighted by molar-refractivity contribution is -0.142. The third-order valence-corrected chi connectivity index (χ3v) is 4.54. The van der Waals surface area contributed by atoms with E-state index in [1.165, 1.54) is 12.1 Å². The van der Waals surface area contributed by atoms with Crippen molar-refractivity contribution in [3.05, 3.63) is 29.8 Å². The van der Waals surface area contributed by atoms with Crippen LogP contribution in [0.15, 0.2) is 29.3 Å². The lowest BCUT2D eigenvalue weighted by Crippen LogP contribution is -2.54. The van der Waals surface area contributed by atoms with Crippen LogP contribution in [0.1, 0.15) is 18.4 Å². The van der Waals surface area contributed by atoms with Crippen LogP contribution in [0.2, 0.25) is 0 Å². The molecule has 0 aliphatic heterocycles. The number of aliphatic carboxylic acids is 1. The highest BCUT2D eigenvalue weighted by Crippen LogP contribution is 2.11. The van der Waals surface area contributed by atoms with Gasteiger partial charge in [0.25, 0.3) is 0 Å². The number of aliphatic hydroxyl groups excluding tert-OH is 1. The van der Waals surface area contributed by atoms with Crippen molar-refractivity contribution in [2.75, 3.05) is 19.7 Å². The average molecular weight is 482 g/mol. The van der Waals surface area contributed by atoms with Gasteiger partial charge in [-0.05, 0) is 30.5 Å². The van der Waals surface area contributed by atoms with Crippen LogP contribution in [0.3, 0.4) is 0 Å². The van der Waals surface area contributed by atoms with Crippen LogP contribution >= 0.6 is 0 Å². The SMILES string of the molecule is NC(N)=NCCCC(NC(=O)CNC(=O)C(Cc1ccc(O)cc1)NC(=O)C(N)CO)C(=O)O. The fourth-order valence-electron chi connectivity index (χ4n) is 2.74. The number of hydrogen-bond donors (Lipinski definition) is 9. The lowest BCUT2D eigenvalue weighted by Gasteiger charge is -2.21. The number of rotatable bonds is 14. The predicted octanol–water partition coefficient (Wildman–Crippen LogP) is -3.52. The van der Waals surface area contributed by atoms with Crippen LogP contribution in [0.25, 0.3) is 0 Å². The molecule has 0 spiro atoms. The minimum absolute atomic E-state index is 0.000162. The summed E-state index contributed by atoms with van der Waals surface area (Å²) in [6.45, 7) is -1.00. The van der Waals surface area contributed by atoms with Crippen LogP contribution < -0.4 is 33.2 Å². The Hall–Kier alpha value is -3.91. The Kier molecular flexibility index (Phi) is 11.8. The van der Waals surface area contributed by atoms with E-state index in [1.807, 2.05) is 0 Å². The molecular formula is C20H31N7O7. The summed E-state index contributed by atoms with van der Waals surface area (Å²) in [4.78, 5) is 52.0. The number of carboxylic acids is 1. The van der Waals surface area contributed by atoms with Crippen molar-refractivity contribution in [1.29, 1.82) is 0 Å². The van der Waals surface area contributed by atoms with Crippen molar-refractivity contribution in [2.24, 2.45) is 22.2 Å². The number of aliphatic imine (C=N–C) groups is 1. The molecule has 0 heterocycles. The summed E-state index contributed by atoms with van der Waals surface area (Å²) in [5, 5.41) is 34.7. The quantitative estimate of drug-likeness (QED) is 0.0718. The van der Waals surface area contributed by atoms with Crippen LogP contribution in [0, 0.1) is 0 Å². The van der Waals surface area contributed by atoms with Crippen molar-refractivity contribution in [1.82, 2.24) is 16.0 Å². The maximum atomic E-state index is 12.6. The third kappa shape index (κ3) is 10.6. The molecule has 1 aromatic carbocycles. The maximum absolute atomic E-state index is 12.6. The number of phenolic OH excluding ortho intramolecular Hbond substituents is 1. The van der Waals surface area contributed by atoms with Crippen LogP contribution in [-0.2, 0) is 25.6 Å². The van der Waals surface area contributed by atoms with Crippen LogP contribution in [0.4, 0.5) is 0 Å². The number of aliphatic hydroxyl groups is 1. The molecule has 3 unspecified atom stereocenters. The molecule has 188 valence electrons. The normalized spacial score (nSPS) is 13.1. The van der Waals surface area contributed by atoms with Gasteiger partial charge in [0.15, 0.2) is 5.96 Å². The molecule has 14 heteroatoms. The number of amides is 3. The molecule has 0 aliphatic carbocycles. The van der Waals surface area contributed by atoms with Gasteiger partial charge in [0.1, 0.15) is 23.9 Å². The molecule has 1 rings (SSSR count). The fourth-order valence-corrected chi connectivity index (χ4v) is 2.74. The molecule has 0 aliphatic rings. The molecule has 0 saturated carbocycles. The number of guanidine groups is 1. The topological polar surface area (TPSA) is 255 Å². The van der Waals surface area contributed by atoms with E-state index in [9.17, 15) is 29.4 Å². The summed E-state index contributed by atoms with van der Waals surface area (Å²) in [6, 6.07) is 2.26. The lowest BCUT2D eigenvalue weighted by atomic mass is 10.0. The predicted molar refractivity (Wildman–Crippen MR) is 121 cm³/mol. The van der Waals surface area contributed by atoms with Gasteiger partial charge >= 0.3 is 5.97 Å². The number of nitrogens with two attached hydrogens (primary N) is 3. The Labute approximate surface area is 195 Å². The van der Waals surface area contributed by atoms with E-state index in [-0.39, 0.29) is 31.1 Å². The molecular weight excluding hydrogens is 450 g/mol. The van der Waals surface area contributed by atoms with E-state index in [0.717, 1.165) is 0 Å². The first-order chi connectivity index (χ1) is 16.0. The number of carbonyl (C=O) groups is 4. The smallest absolute Gasteiger partial charge is 0.326 e. The maximum Gasteiger partial charge on any atom is 0.326 e. The van der Waals surface area contributed by atoms with Gasteiger partial charge in [0, 0.05) is 13.0 Å². The van der Waals surface area contributed by atoms with Gasteiger partial charge in [0.05, 0.1) is 13.2 Å². The second kappa shape index (κ2) is 14.3. The van der Waals surface area contributed by atoms with E-state index in [4.69, 9.17) is 22.3 Å². The summed E-state index contributed by atoms with van der Waals surface area (Å²) in [5.74, 6) is -3.66. The summed E-state index contributed by atoms with van der Waals surface area (Å²) in [7, 11) is 0. The molecule has 0 aromatic heterocycles. The van der Waals surface area contributed by atoms with E-state index in [2.05, 4.69) is 20.9 Å². The molecule has 1 aromatic rings. The molecule has 3 amide bonds. The monoisotopic (exact) mass is 481 g/mol. The van der Waals surface area contributed by atoms with Gasteiger partial charge in [-0.3, -0.25) is 19.4 Å². The number of carboxylic acid groups (broad SMARTS) is 1. The van der Waals surface area contributed by atoms with E-state index < -0.39 is 55.0 Å². The van der Waals surface area contributed by atoms with Crippen molar-refractivity contribution in [2.45, 2.75) is 37.4 Å². The highest BCUT2D eigenvalue weighted by Gasteiger charge is 2.25. The van der Waals surface area contributed by atoms with Crippen molar-refractivity contribution in [3.63, 3.8) is 0 Å². The van der Waals surface area contributed by atoms with Gasteiger partial charge in [0.2, 0.25) is 17.7 Å².